The van der Waals surface area contributed by atoms with Gasteiger partial charge in [-0.2, -0.15) is 0 Å². The summed E-state index contributed by atoms with van der Waals surface area (Å²) in [5.41, 5.74) is 1.77. The smallest absolute Gasteiger partial charge is 0.214 e. The van der Waals surface area contributed by atoms with Crippen LogP contribution in [0.3, 0.4) is 0 Å². The first kappa shape index (κ1) is 14.9. The number of nitrogens with one attached hydrogen (secondary N) is 1. The standard InChI is InChI=1S/C13H19NO3S/c1-10(2)18(16,17)14-9-13-6-4-5-12(8-13)7-11(3)15/h4-6,8,10,14H,7,9H2,1-3H3. The SMILES string of the molecule is CC(=O)Cc1cccc(CNS(=O)(=O)C(C)C)c1. The van der Waals surface area contributed by atoms with Gasteiger partial charge in [-0.25, -0.2) is 13.1 Å². The molecule has 0 aliphatic carbocycles. The topological polar surface area (TPSA) is 63.2 Å². The van der Waals surface area contributed by atoms with E-state index >= 15 is 0 Å². The zero-order valence-corrected chi connectivity index (χ0v) is 11.8. The molecule has 0 aliphatic rings. The second-order valence-electron chi connectivity index (χ2n) is 4.61. The molecule has 100 valence electrons. The summed E-state index contributed by atoms with van der Waals surface area (Å²) in [7, 11) is -3.25. The third kappa shape index (κ3) is 4.58. The largest absolute Gasteiger partial charge is 0.300 e. The summed E-state index contributed by atoms with van der Waals surface area (Å²) in [6, 6.07) is 7.38. The van der Waals surface area contributed by atoms with E-state index in [4.69, 9.17) is 0 Å². The van der Waals surface area contributed by atoms with Crippen LogP contribution in [-0.4, -0.2) is 19.5 Å². The number of sulfonamides is 1. The minimum atomic E-state index is -3.25. The Labute approximate surface area is 108 Å². The fourth-order valence-corrected chi connectivity index (χ4v) is 2.19. The van der Waals surface area contributed by atoms with Crippen molar-refractivity contribution < 1.29 is 13.2 Å². The van der Waals surface area contributed by atoms with Crippen LogP contribution in [0, 0.1) is 0 Å². The molecule has 0 amide bonds. The second-order valence-corrected chi connectivity index (χ2v) is 6.94. The molecule has 0 spiro atoms. The van der Waals surface area contributed by atoms with Gasteiger partial charge in [-0.15, -0.1) is 0 Å². The summed E-state index contributed by atoms with van der Waals surface area (Å²) in [5, 5.41) is -0.446. The highest BCUT2D eigenvalue weighted by atomic mass is 32.2. The highest BCUT2D eigenvalue weighted by Crippen LogP contribution is 2.07. The van der Waals surface area contributed by atoms with E-state index in [9.17, 15) is 13.2 Å². The van der Waals surface area contributed by atoms with Crippen LogP contribution >= 0.6 is 0 Å². The van der Waals surface area contributed by atoms with Crippen molar-refractivity contribution in [2.24, 2.45) is 0 Å². The van der Waals surface area contributed by atoms with Gasteiger partial charge in [-0.1, -0.05) is 24.3 Å². The van der Waals surface area contributed by atoms with Crippen molar-refractivity contribution >= 4 is 15.8 Å². The third-order valence-corrected chi connectivity index (χ3v) is 4.33. The molecule has 0 atom stereocenters. The number of Topliss-reactive ketones (excluding diaryl/α,β-unsaturated/α-hetero) is 1. The lowest BCUT2D eigenvalue weighted by molar-refractivity contribution is -0.116. The summed E-state index contributed by atoms with van der Waals surface area (Å²) < 4.78 is 25.7. The van der Waals surface area contributed by atoms with Crippen molar-refractivity contribution in [1.82, 2.24) is 4.72 Å². The van der Waals surface area contributed by atoms with E-state index in [2.05, 4.69) is 4.72 Å². The number of hydrogen-bond acceptors (Lipinski definition) is 3. The number of carbonyl (C=O) groups excluding carboxylic acids is 1. The lowest BCUT2D eigenvalue weighted by Crippen LogP contribution is -2.30. The Morgan fingerprint density at radius 3 is 2.44 bits per heavy atom. The first-order valence-corrected chi connectivity index (χ1v) is 7.41. The number of rotatable bonds is 6. The van der Waals surface area contributed by atoms with Crippen LogP contribution in [0.5, 0.6) is 0 Å². The van der Waals surface area contributed by atoms with Crippen LogP contribution in [0.15, 0.2) is 24.3 Å². The van der Waals surface area contributed by atoms with E-state index < -0.39 is 15.3 Å². The molecule has 0 saturated heterocycles. The van der Waals surface area contributed by atoms with Gasteiger partial charge in [0.2, 0.25) is 10.0 Å². The molecule has 1 aromatic rings. The highest BCUT2D eigenvalue weighted by Gasteiger charge is 2.14. The fourth-order valence-electron chi connectivity index (χ4n) is 1.49. The quantitative estimate of drug-likeness (QED) is 0.854. The fraction of sp³-hybridized carbons (Fsp3) is 0.462. The van der Waals surface area contributed by atoms with Crippen molar-refractivity contribution in [2.45, 2.75) is 39.0 Å². The van der Waals surface area contributed by atoms with Gasteiger partial charge in [0.25, 0.3) is 0 Å². The molecule has 0 radical (unpaired) electrons. The molecule has 18 heavy (non-hydrogen) atoms. The summed E-state index contributed by atoms with van der Waals surface area (Å²) in [6.07, 6.45) is 0.380. The molecule has 0 fully saturated rings. The molecule has 0 heterocycles. The molecule has 4 nitrogen and oxygen atoms in total. The Bertz CT molecular complexity index is 521. The maximum Gasteiger partial charge on any atom is 0.214 e. The van der Waals surface area contributed by atoms with E-state index in [0.29, 0.717) is 6.42 Å². The summed E-state index contributed by atoms with van der Waals surface area (Å²) in [5.74, 6) is 0.0925. The van der Waals surface area contributed by atoms with Crippen molar-refractivity contribution in [3.63, 3.8) is 0 Å². The van der Waals surface area contributed by atoms with E-state index in [-0.39, 0.29) is 12.3 Å². The predicted molar refractivity (Wildman–Crippen MR) is 71.7 cm³/mol. The van der Waals surface area contributed by atoms with Gasteiger partial charge in [-0.3, -0.25) is 4.79 Å². The average Bonchev–Trinajstić information content (AvgIpc) is 2.26. The first-order valence-electron chi connectivity index (χ1n) is 5.87. The molecule has 1 aromatic carbocycles. The molecule has 1 N–H and O–H groups in total. The van der Waals surface area contributed by atoms with Crippen LogP contribution in [0.25, 0.3) is 0 Å². The minimum Gasteiger partial charge on any atom is -0.300 e. The van der Waals surface area contributed by atoms with Crippen molar-refractivity contribution in [1.29, 1.82) is 0 Å². The normalized spacial score (nSPS) is 11.8. The Balaban J connectivity index is 2.71. The van der Waals surface area contributed by atoms with Gasteiger partial charge >= 0.3 is 0 Å². The number of carbonyl (C=O) groups is 1. The summed E-state index contributed by atoms with van der Waals surface area (Å²) in [6.45, 7) is 5.06. The van der Waals surface area contributed by atoms with Crippen molar-refractivity contribution in [3.8, 4) is 0 Å². The molecular weight excluding hydrogens is 250 g/mol. The highest BCUT2D eigenvalue weighted by molar-refractivity contribution is 7.90. The molecule has 0 bridgehead atoms. The van der Waals surface area contributed by atoms with E-state index in [1.54, 1.807) is 13.8 Å². The van der Waals surface area contributed by atoms with E-state index in [1.165, 1.54) is 6.92 Å². The Hall–Kier alpha value is -1.20. The molecule has 0 unspecified atom stereocenters. The molecule has 1 rings (SSSR count). The van der Waals surface area contributed by atoms with E-state index in [1.807, 2.05) is 24.3 Å². The molecule has 0 aliphatic heterocycles. The van der Waals surface area contributed by atoms with Crippen LogP contribution in [0.2, 0.25) is 0 Å². The molecular formula is C13H19NO3S. The number of benzene rings is 1. The molecule has 0 aromatic heterocycles. The second kappa shape index (κ2) is 6.11. The predicted octanol–water partition coefficient (Wildman–Crippen LogP) is 1.65. The lowest BCUT2D eigenvalue weighted by atomic mass is 10.1. The Morgan fingerprint density at radius 2 is 1.89 bits per heavy atom. The van der Waals surface area contributed by atoms with Gasteiger partial charge in [0.05, 0.1) is 5.25 Å². The van der Waals surface area contributed by atoms with Crippen molar-refractivity contribution in [3.05, 3.63) is 35.4 Å². The summed E-state index contributed by atoms with van der Waals surface area (Å²) >= 11 is 0. The van der Waals surface area contributed by atoms with Gasteiger partial charge in [0.15, 0.2) is 0 Å². The van der Waals surface area contributed by atoms with Gasteiger partial charge in [0, 0.05) is 13.0 Å². The van der Waals surface area contributed by atoms with Gasteiger partial charge in [0.1, 0.15) is 5.78 Å². The van der Waals surface area contributed by atoms with E-state index in [0.717, 1.165) is 11.1 Å². The van der Waals surface area contributed by atoms with Crippen LogP contribution < -0.4 is 4.72 Å². The minimum absolute atomic E-state index is 0.0925. The maximum atomic E-state index is 11.6. The van der Waals surface area contributed by atoms with Gasteiger partial charge < -0.3 is 0 Å². The van der Waals surface area contributed by atoms with Crippen molar-refractivity contribution in [2.75, 3.05) is 0 Å². The zero-order valence-electron chi connectivity index (χ0n) is 10.9. The maximum absolute atomic E-state index is 11.6. The van der Waals surface area contributed by atoms with Crippen LogP contribution in [0.1, 0.15) is 31.9 Å². The van der Waals surface area contributed by atoms with Crippen LogP contribution in [-0.2, 0) is 27.8 Å². The third-order valence-electron chi connectivity index (χ3n) is 2.54. The summed E-state index contributed by atoms with van der Waals surface area (Å²) in [4.78, 5) is 11.0. The van der Waals surface area contributed by atoms with Gasteiger partial charge in [-0.05, 0) is 31.9 Å². The Morgan fingerprint density at radius 1 is 1.28 bits per heavy atom. The lowest BCUT2D eigenvalue weighted by Gasteiger charge is -2.10. The average molecular weight is 269 g/mol. The number of ketones is 1. The van der Waals surface area contributed by atoms with Crippen LogP contribution in [0.4, 0.5) is 0 Å². The number of hydrogen-bond donors (Lipinski definition) is 1. The monoisotopic (exact) mass is 269 g/mol. The zero-order chi connectivity index (χ0) is 13.8. The Kier molecular flexibility index (Phi) is 5.04. The molecule has 5 heteroatoms. The first-order chi connectivity index (χ1) is 8.31. The molecule has 0 saturated carbocycles.